The van der Waals surface area contributed by atoms with Crippen molar-refractivity contribution in [3.05, 3.63) is 18.2 Å². The summed E-state index contributed by atoms with van der Waals surface area (Å²) in [5.74, 6) is 0.0230. The number of imidazole rings is 1. The fourth-order valence-corrected chi connectivity index (χ4v) is 1.48. The number of piperazine rings is 1. The second-order valence-electron chi connectivity index (χ2n) is 3.11. The van der Waals surface area contributed by atoms with Crippen molar-refractivity contribution in [2.45, 2.75) is 6.04 Å². The summed E-state index contributed by atoms with van der Waals surface area (Å²) < 4.78 is 1.85. The molecule has 5 heteroatoms. The highest BCUT2D eigenvalue weighted by Gasteiger charge is 2.25. The van der Waals surface area contributed by atoms with E-state index in [-0.39, 0.29) is 11.9 Å². The zero-order valence-electron chi connectivity index (χ0n) is 7.45. The molecule has 1 aromatic heterocycles. The Morgan fingerprint density at radius 3 is 3.08 bits per heavy atom. The van der Waals surface area contributed by atoms with Gasteiger partial charge >= 0.3 is 0 Å². The molecule has 2 rings (SSSR count). The standard InChI is InChI=1S/C8H12N4O/c1-12-5-9-4-6(12)7-8(13)11-3-2-10-7/h4-5,7,10H,2-3H2,1H3,(H,11,13). The van der Waals surface area contributed by atoms with Gasteiger partial charge in [-0.1, -0.05) is 0 Å². The van der Waals surface area contributed by atoms with E-state index in [2.05, 4.69) is 15.6 Å². The van der Waals surface area contributed by atoms with E-state index in [1.54, 1.807) is 12.5 Å². The third kappa shape index (κ3) is 1.42. The van der Waals surface area contributed by atoms with Crippen molar-refractivity contribution in [3.8, 4) is 0 Å². The van der Waals surface area contributed by atoms with E-state index in [1.807, 2.05) is 11.6 Å². The number of hydrogen-bond acceptors (Lipinski definition) is 3. The number of nitrogens with zero attached hydrogens (tertiary/aromatic N) is 2. The zero-order chi connectivity index (χ0) is 9.26. The molecule has 13 heavy (non-hydrogen) atoms. The lowest BCUT2D eigenvalue weighted by atomic mass is 10.1. The van der Waals surface area contributed by atoms with E-state index in [0.29, 0.717) is 6.54 Å². The van der Waals surface area contributed by atoms with Crippen LogP contribution in [-0.2, 0) is 11.8 Å². The van der Waals surface area contributed by atoms with Crippen LogP contribution >= 0.6 is 0 Å². The highest BCUT2D eigenvalue weighted by atomic mass is 16.2. The SMILES string of the molecule is Cn1cncc1C1NCCNC1=O. The van der Waals surface area contributed by atoms with Gasteiger partial charge in [0.25, 0.3) is 0 Å². The lowest BCUT2D eigenvalue weighted by molar-refractivity contribution is -0.124. The van der Waals surface area contributed by atoms with E-state index in [9.17, 15) is 4.79 Å². The fourth-order valence-electron chi connectivity index (χ4n) is 1.48. The first kappa shape index (κ1) is 8.25. The Bertz CT molecular complexity index is 320. The Labute approximate surface area is 76.2 Å². The molecule has 2 N–H and O–H groups in total. The predicted octanol–water partition coefficient (Wildman–Crippen LogP) is -0.819. The molecule has 0 spiro atoms. The minimum Gasteiger partial charge on any atom is -0.353 e. The zero-order valence-corrected chi connectivity index (χ0v) is 7.45. The summed E-state index contributed by atoms with van der Waals surface area (Å²) in [4.78, 5) is 15.4. The third-order valence-corrected chi connectivity index (χ3v) is 2.18. The van der Waals surface area contributed by atoms with Crippen LogP contribution < -0.4 is 10.6 Å². The molecule has 2 heterocycles. The van der Waals surface area contributed by atoms with Gasteiger partial charge in [-0.25, -0.2) is 4.98 Å². The highest BCUT2D eigenvalue weighted by Crippen LogP contribution is 2.12. The van der Waals surface area contributed by atoms with Crippen molar-refractivity contribution in [2.24, 2.45) is 7.05 Å². The summed E-state index contributed by atoms with van der Waals surface area (Å²) in [5, 5.41) is 5.94. The maximum absolute atomic E-state index is 11.4. The normalized spacial score (nSPS) is 22.8. The van der Waals surface area contributed by atoms with Crippen molar-refractivity contribution in [2.75, 3.05) is 13.1 Å². The predicted molar refractivity (Wildman–Crippen MR) is 47.0 cm³/mol. The monoisotopic (exact) mass is 180 g/mol. The van der Waals surface area contributed by atoms with Crippen molar-refractivity contribution in [3.63, 3.8) is 0 Å². The molecule has 1 saturated heterocycles. The van der Waals surface area contributed by atoms with Crippen molar-refractivity contribution < 1.29 is 4.79 Å². The van der Waals surface area contributed by atoms with Gasteiger partial charge in [0.15, 0.2) is 0 Å². The van der Waals surface area contributed by atoms with Crippen LogP contribution in [0.2, 0.25) is 0 Å². The molecule has 0 bridgehead atoms. The molecule has 1 fully saturated rings. The quantitative estimate of drug-likeness (QED) is 0.593. The summed E-state index contributed by atoms with van der Waals surface area (Å²) in [6.45, 7) is 1.51. The lowest BCUT2D eigenvalue weighted by Crippen LogP contribution is -2.47. The molecule has 0 aliphatic carbocycles. The summed E-state index contributed by atoms with van der Waals surface area (Å²) in [6.07, 6.45) is 3.40. The Morgan fingerprint density at radius 2 is 2.46 bits per heavy atom. The van der Waals surface area contributed by atoms with Crippen LogP contribution in [0.4, 0.5) is 0 Å². The van der Waals surface area contributed by atoms with Crippen molar-refractivity contribution in [1.29, 1.82) is 0 Å². The fraction of sp³-hybridized carbons (Fsp3) is 0.500. The smallest absolute Gasteiger partial charge is 0.243 e. The molecule has 0 saturated carbocycles. The Hall–Kier alpha value is -1.36. The van der Waals surface area contributed by atoms with Crippen LogP contribution in [0.1, 0.15) is 11.7 Å². The van der Waals surface area contributed by atoms with E-state index < -0.39 is 0 Å². The molecule has 0 radical (unpaired) electrons. The van der Waals surface area contributed by atoms with Crippen LogP contribution in [0.3, 0.4) is 0 Å². The molecular weight excluding hydrogens is 168 g/mol. The Balaban J connectivity index is 2.24. The molecule has 1 aliphatic heterocycles. The number of rotatable bonds is 1. The van der Waals surface area contributed by atoms with Crippen LogP contribution in [0.5, 0.6) is 0 Å². The molecular formula is C8H12N4O. The van der Waals surface area contributed by atoms with E-state index >= 15 is 0 Å². The van der Waals surface area contributed by atoms with E-state index in [1.165, 1.54) is 0 Å². The number of amides is 1. The van der Waals surface area contributed by atoms with Gasteiger partial charge in [0, 0.05) is 20.1 Å². The van der Waals surface area contributed by atoms with Gasteiger partial charge in [-0.2, -0.15) is 0 Å². The minimum absolute atomic E-state index is 0.0230. The van der Waals surface area contributed by atoms with Gasteiger partial charge in [0.05, 0.1) is 18.2 Å². The number of aromatic nitrogens is 2. The van der Waals surface area contributed by atoms with Gasteiger partial charge in [-0.3, -0.25) is 10.1 Å². The number of carbonyl (C=O) groups is 1. The molecule has 1 aliphatic rings. The molecule has 70 valence electrons. The molecule has 1 unspecified atom stereocenters. The molecule has 1 amide bonds. The first-order chi connectivity index (χ1) is 6.29. The summed E-state index contributed by atoms with van der Waals surface area (Å²) in [5.41, 5.74) is 0.900. The minimum atomic E-state index is -0.249. The Kier molecular flexibility index (Phi) is 2.02. The number of aryl methyl sites for hydroxylation is 1. The maximum atomic E-state index is 11.4. The largest absolute Gasteiger partial charge is 0.353 e. The molecule has 1 atom stereocenters. The molecule has 0 aromatic carbocycles. The van der Waals surface area contributed by atoms with E-state index in [0.717, 1.165) is 12.2 Å². The Morgan fingerprint density at radius 1 is 1.62 bits per heavy atom. The summed E-state index contributed by atoms with van der Waals surface area (Å²) in [6, 6.07) is -0.249. The molecule has 5 nitrogen and oxygen atoms in total. The van der Waals surface area contributed by atoms with Crippen LogP contribution in [0.15, 0.2) is 12.5 Å². The summed E-state index contributed by atoms with van der Waals surface area (Å²) in [7, 11) is 1.88. The lowest BCUT2D eigenvalue weighted by Gasteiger charge is -2.23. The van der Waals surface area contributed by atoms with Gasteiger partial charge in [0.1, 0.15) is 6.04 Å². The van der Waals surface area contributed by atoms with Gasteiger partial charge in [-0.15, -0.1) is 0 Å². The van der Waals surface area contributed by atoms with Crippen LogP contribution in [0.25, 0.3) is 0 Å². The van der Waals surface area contributed by atoms with Gasteiger partial charge in [-0.05, 0) is 0 Å². The van der Waals surface area contributed by atoms with Gasteiger partial charge in [0.2, 0.25) is 5.91 Å². The average Bonchev–Trinajstić information content (AvgIpc) is 2.52. The van der Waals surface area contributed by atoms with Crippen LogP contribution in [-0.4, -0.2) is 28.5 Å². The first-order valence-electron chi connectivity index (χ1n) is 4.26. The van der Waals surface area contributed by atoms with Crippen molar-refractivity contribution >= 4 is 5.91 Å². The summed E-state index contributed by atoms with van der Waals surface area (Å²) >= 11 is 0. The number of hydrogen-bond donors (Lipinski definition) is 2. The third-order valence-electron chi connectivity index (χ3n) is 2.18. The average molecular weight is 180 g/mol. The molecule has 1 aromatic rings. The second kappa shape index (κ2) is 3.18. The maximum Gasteiger partial charge on any atom is 0.243 e. The van der Waals surface area contributed by atoms with Crippen LogP contribution in [0, 0.1) is 0 Å². The topological polar surface area (TPSA) is 59.0 Å². The van der Waals surface area contributed by atoms with Crippen molar-refractivity contribution in [1.82, 2.24) is 20.2 Å². The second-order valence-corrected chi connectivity index (χ2v) is 3.11. The number of nitrogens with one attached hydrogen (secondary N) is 2. The highest BCUT2D eigenvalue weighted by molar-refractivity contribution is 5.83. The van der Waals surface area contributed by atoms with Gasteiger partial charge < -0.3 is 9.88 Å². The van der Waals surface area contributed by atoms with E-state index in [4.69, 9.17) is 0 Å². The number of carbonyl (C=O) groups excluding carboxylic acids is 1. The first-order valence-corrected chi connectivity index (χ1v) is 4.26.